The van der Waals surface area contributed by atoms with E-state index in [4.69, 9.17) is 13.7 Å². The maximum atomic E-state index is 12.1. The van der Waals surface area contributed by atoms with Gasteiger partial charge in [0.1, 0.15) is 6.61 Å². The third-order valence-electron chi connectivity index (χ3n) is 4.46. The van der Waals surface area contributed by atoms with Crippen LogP contribution >= 0.6 is 0 Å². The number of furan rings is 1. The Morgan fingerprint density at radius 3 is 3.08 bits per heavy atom. The van der Waals surface area contributed by atoms with Gasteiger partial charge in [-0.2, -0.15) is 4.98 Å². The van der Waals surface area contributed by atoms with Gasteiger partial charge in [0, 0.05) is 37.7 Å². The summed E-state index contributed by atoms with van der Waals surface area (Å²) in [6.45, 7) is 3.12. The molecule has 0 aromatic carbocycles. The van der Waals surface area contributed by atoms with Gasteiger partial charge < -0.3 is 18.6 Å². The Hall–Kier alpha value is -3.00. The number of aryl methyl sites for hydroxylation is 1. The number of carbonyl (C=O) groups excluding carboxylic acids is 1. The number of pyridine rings is 1. The zero-order valence-corrected chi connectivity index (χ0v) is 14.6. The van der Waals surface area contributed by atoms with Crippen LogP contribution in [0.3, 0.4) is 0 Å². The third kappa shape index (κ3) is 2.88. The molecule has 1 aliphatic rings. The summed E-state index contributed by atoms with van der Waals surface area (Å²) in [7, 11) is 1.52. The minimum Gasteiger partial charge on any atom is -0.459 e. The summed E-state index contributed by atoms with van der Waals surface area (Å²) in [4.78, 5) is 22.8. The molecule has 26 heavy (non-hydrogen) atoms. The average Bonchev–Trinajstić information content (AvgIpc) is 3.33. The minimum atomic E-state index is -0.0278. The maximum absolute atomic E-state index is 12.1. The zero-order valence-electron chi connectivity index (χ0n) is 14.6. The summed E-state index contributed by atoms with van der Waals surface area (Å²) < 4.78 is 15.6. The van der Waals surface area contributed by atoms with E-state index in [1.165, 1.54) is 7.11 Å². The molecule has 4 rings (SSSR count). The summed E-state index contributed by atoms with van der Waals surface area (Å²) in [6, 6.07) is 3.53. The lowest BCUT2D eigenvalue weighted by Gasteiger charge is -2.29. The van der Waals surface area contributed by atoms with E-state index < -0.39 is 0 Å². The van der Waals surface area contributed by atoms with Crippen LogP contribution in [-0.4, -0.2) is 46.2 Å². The summed E-state index contributed by atoms with van der Waals surface area (Å²) in [5.41, 5.74) is 3.78. The molecule has 0 aliphatic carbocycles. The van der Waals surface area contributed by atoms with Gasteiger partial charge in [-0.1, -0.05) is 5.16 Å². The van der Waals surface area contributed by atoms with Crippen LogP contribution in [0.25, 0.3) is 23.0 Å². The Kier molecular flexibility index (Phi) is 4.26. The molecule has 0 spiro atoms. The molecule has 134 valence electrons. The quantitative estimate of drug-likeness (QED) is 0.709. The van der Waals surface area contributed by atoms with Gasteiger partial charge in [0.15, 0.2) is 5.76 Å². The number of carbonyl (C=O) groups is 1. The van der Waals surface area contributed by atoms with Crippen LogP contribution in [0.2, 0.25) is 0 Å². The molecule has 1 aliphatic heterocycles. The molecule has 1 amide bonds. The van der Waals surface area contributed by atoms with Crippen molar-refractivity contribution < 1.29 is 18.5 Å². The predicted molar refractivity (Wildman–Crippen MR) is 91.0 cm³/mol. The van der Waals surface area contributed by atoms with Gasteiger partial charge in [0.2, 0.25) is 11.7 Å². The second-order valence-electron chi connectivity index (χ2n) is 6.12. The van der Waals surface area contributed by atoms with Gasteiger partial charge in [-0.05, 0) is 36.6 Å². The number of hydrogen-bond acceptors (Lipinski definition) is 7. The van der Waals surface area contributed by atoms with Crippen LogP contribution in [0.4, 0.5) is 0 Å². The second kappa shape index (κ2) is 6.72. The van der Waals surface area contributed by atoms with Crippen molar-refractivity contribution in [2.45, 2.75) is 19.9 Å². The minimum absolute atomic E-state index is 0.0278. The Bertz CT molecular complexity index is 933. The van der Waals surface area contributed by atoms with Crippen LogP contribution in [0, 0.1) is 6.92 Å². The SMILES string of the molecule is COCC(=O)N1CCc2c(cnc(C)c2-c2noc(-c3ccco3)n2)C1. The lowest BCUT2D eigenvalue weighted by molar-refractivity contribution is -0.136. The van der Waals surface area contributed by atoms with Crippen molar-refractivity contribution in [2.24, 2.45) is 0 Å². The highest BCUT2D eigenvalue weighted by molar-refractivity contribution is 5.78. The van der Waals surface area contributed by atoms with E-state index in [1.54, 1.807) is 23.3 Å². The number of ether oxygens (including phenoxy) is 1. The molecule has 0 saturated carbocycles. The van der Waals surface area contributed by atoms with Crippen molar-refractivity contribution >= 4 is 5.91 Å². The number of fused-ring (bicyclic) bond motifs is 1. The Balaban J connectivity index is 1.68. The summed E-state index contributed by atoms with van der Waals surface area (Å²) in [5.74, 6) is 1.31. The molecule has 0 atom stereocenters. The number of methoxy groups -OCH3 is 1. The number of nitrogens with zero attached hydrogens (tertiary/aromatic N) is 4. The van der Waals surface area contributed by atoms with E-state index in [0.29, 0.717) is 37.0 Å². The summed E-state index contributed by atoms with van der Waals surface area (Å²) in [5, 5.41) is 4.11. The van der Waals surface area contributed by atoms with Crippen molar-refractivity contribution in [1.82, 2.24) is 20.0 Å². The standard InChI is InChI=1S/C18H18N4O4/c1-11-16(17-20-18(26-21-17)14-4-3-7-25-14)13-5-6-22(15(23)10-24-2)9-12(13)8-19-11/h3-4,7-8H,5-6,9-10H2,1-2H3. The number of amides is 1. The molecule has 8 heteroatoms. The molecule has 3 aromatic rings. The normalized spacial score (nSPS) is 13.7. The monoisotopic (exact) mass is 354 g/mol. The van der Waals surface area contributed by atoms with E-state index >= 15 is 0 Å². The van der Waals surface area contributed by atoms with Crippen molar-refractivity contribution in [3.05, 3.63) is 41.4 Å². The number of rotatable bonds is 4. The fourth-order valence-corrected chi connectivity index (χ4v) is 3.20. The first-order valence-corrected chi connectivity index (χ1v) is 8.29. The first-order valence-electron chi connectivity index (χ1n) is 8.29. The van der Waals surface area contributed by atoms with E-state index in [1.807, 2.05) is 13.1 Å². The van der Waals surface area contributed by atoms with Gasteiger partial charge in [0.05, 0.1) is 6.26 Å². The van der Waals surface area contributed by atoms with Gasteiger partial charge >= 0.3 is 0 Å². The molecular weight excluding hydrogens is 336 g/mol. The Morgan fingerprint density at radius 1 is 1.42 bits per heavy atom. The van der Waals surface area contributed by atoms with Crippen LogP contribution in [0.5, 0.6) is 0 Å². The van der Waals surface area contributed by atoms with E-state index in [-0.39, 0.29) is 12.5 Å². The molecule has 8 nitrogen and oxygen atoms in total. The van der Waals surface area contributed by atoms with Gasteiger partial charge in [0.25, 0.3) is 5.89 Å². The van der Waals surface area contributed by atoms with Crippen LogP contribution in [0.1, 0.15) is 16.8 Å². The Labute approximate surface area is 149 Å². The molecule has 0 saturated heterocycles. The van der Waals surface area contributed by atoms with Crippen LogP contribution < -0.4 is 0 Å². The molecule has 0 bridgehead atoms. The smallest absolute Gasteiger partial charge is 0.293 e. The fraction of sp³-hybridized carbons (Fsp3) is 0.333. The van der Waals surface area contributed by atoms with Gasteiger partial charge in [-0.3, -0.25) is 9.78 Å². The van der Waals surface area contributed by atoms with Gasteiger partial charge in [-0.15, -0.1) is 0 Å². The fourth-order valence-electron chi connectivity index (χ4n) is 3.20. The van der Waals surface area contributed by atoms with E-state index in [2.05, 4.69) is 15.1 Å². The van der Waals surface area contributed by atoms with E-state index in [0.717, 1.165) is 22.4 Å². The van der Waals surface area contributed by atoms with Crippen molar-refractivity contribution in [3.63, 3.8) is 0 Å². The first-order chi connectivity index (χ1) is 12.7. The summed E-state index contributed by atoms with van der Waals surface area (Å²) in [6.07, 6.45) is 4.07. The molecule has 3 aromatic heterocycles. The molecule has 0 N–H and O–H groups in total. The highest BCUT2D eigenvalue weighted by Gasteiger charge is 2.26. The number of hydrogen-bond donors (Lipinski definition) is 0. The lowest BCUT2D eigenvalue weighted by Crippen LogP contribution is -2.38. The molecule has 4 heterocycles. The zero-order chi connectivity index (χ0) is 18.1. The van der Waals surface area contributed by atoms with Crippen molar-refractivity contribution in [3.8, 4) is 23.0 Å². The third-order valence-corrected chi connectivity index (χ3v) is 4.46. The molecule has 0 radical (unpaired) electrons. The average molecular weight is 354 g/mol. The first kappa shape index (κ1) is 16.5. The lowest BCUT2D eigenvalue weighted by atomic mass is 9.94. The summed E-state index contributed by atoms with van der Waals surface area (Å²) >= 11 is 0. The van der Waals surface area contributed by atoms with Crippen molar-refractivity contribution in [1.29, 1.82) is 0 Å². The highest BCUT2D eigenvalue weighted by atomic mass is 16.5. The maximum Gasteiger partial charge on any atom is 0.293 e. The van der Waals surface area contributed by atoms with E-state index in [9.17, 15) is 4.79 Å². The molecular formula is C18H18N4O4. The molecule has 0 unspecified atom stereocenters. The molecule has 0 fully saturated rings. The van der Waals surface area contributed by atoms with Crippen LogP contribution in [-0.2, 0) is 22.5 Å². The number of aromatic nitrogens is 3. The largest absolute Gasteiger partial charge is 0.459 e. The second-order valence-corrected chi connectivity index (χ2v) is 6.12. The predicted octanol–water partition coefficient (Wildman–Crippen LogP) is 2.23. The Morgan fingerprint density at radius 2 is 2.31 bits per heavy atom. The van der Waals surface area contributed by atoms with Crippen LogP contribution in [0.15, 0.2) is 33.5 Å². The topological polar surface area (TPSA) is 94.5 Å². The van der Waals surface area contributed by atoms with Crippen molar-refractivity contribution in [2.75, 3.05) is 20.3 Å². The highest BCUT2D eigenvalue weighted by Crippen LogP contribution is 2.31. The van der Waals surface area contributed by atoms with Gasteiger partial charge in [-0.25, -0.2) is 0 Å².